The molecular formula is C29H34N3O6S2+. The van der Waals surface area contributed by atoms with E-state index in [4.69, 9.17) is 4.42 Å². The lowest BCUT2D eigenvalue weighted by atomic mass is 9.90. The third-order valence-electron chi connectivity index (χ3n) is 5.92. The predicted molar refractivity (Wildman–Crippen MR) is 163 cm³/mol. The maximum absolute atomic E-state index is 11.9. The van der Waals surface area contributed by atoms with Crippen LogP contribution in [0.3, 0.4) is 0 Å². The number of fused-ring (bicyclic) bond motifs is 2. The standard InChI is InChI=1S/C24H22N2O3.C5H11NO3S2/c1-25(2)15-9-11-19-21(13-15)29-22-14-16(26(3)4)10-12-20(22)23(19)17-7-5-6-8-18(17)24(27)28;1-5(7)6-3-4-10-11(2,8)9/h5-14H,1-4H3;3-4H2,1-2H3,(H,6,7)/p+1. The number of aromatic carboxylic acids is 1. The molecule has 11 heteroatoms. The predicted octanol–water partition coefficient (Wildman–Crippen LogP) is 3.82. The highest BCUT2D eigenvalue weighted by molar-refractivity contribution is 8.71. The molecule has 2 aromatic rings. The average molecular weight is 585 g/mol. The van der Waals surface area contributed by atoms with E-state index in [-0.39, 0.29) is 11.5 Å². The maximum Gasteiger partial charge on any atom is 0.336 e. The summed E-state index contributed by atoms with van der Waals surface area (Å²) in [5.74, 6) is 0.0321. The quantitative estimate of drug-likeness (QED) is 0.146. The van der Waals surface area contributed by atoms with Crippen molar-refractivity contribution in [1.82, 2.24) is 9.89 Å². The number of carbonyl (C=O) groups is 2. The van der Waals surface area contributed by atoms with Crippen LogP contribution in [-0.2, 0) is 13.7 Å². The Morgan fingerprint density at radius 3 is 2.33 bits per heavy atom. The van der Waals surface area contributed by atoms with Crippen LogP contribution < -0.4 is 20.1 Å². The smallest absolute Gasteiger partial charge is 0.336 e. The van der Waals surface area contributed by atoms with Gasteiger partial charge in [0.05, 0.1) is 11.6 Å². The van der Waals surface area contributed by atoms with E-state index in [1.54, 1.807) is 12.1 Å². The van der Waals surface area contributed by atoms with Crippen LogP contribution in [0, 0.1) is 0 Å². The first-order chi connectivity index (χ1) is 18.8. The summed E-state index contributed by atoms with van der Waals surface area (Å²) in [7, 11) is 5.79. The fraction of sp³-hybridized carbons (Fsp3) is 0.276. The van der Waals surface area contributed by atoms with Crippen LogP contribution in [0.4, 0.5) is 5.69 Å². The molecule has 0 saturated carbocycles. The number of hydrogen-bond donors (Lipinski definition) is 2. The molecule has 1 aliphatic carbocycles. The molecule has 2 aromatic carbocycles. The van der Waals surface area contributed by atoms with Crippen molar-refractivity contribution in [2.24, 2.45) is 0 Å². The molecule has 0 aromatic heterocycles. The van der Waals surface area contributed by atoms with Gasteiger partial charge >= 0.3 is 5.97 Å². The van der Waals surface area contributed by atoms with Crippen molar-refractivity contribution in [2.45, 2.75) is 6.92 Å². The van der Waals surface area contributed by atoms with Crippen molar-refractivity contribution in [1.29, 1.82) is 0 Å². The first-order valence-electron chi connectivity index (χ1n) is 12.4. The molecule has 0 fully saturated rings. The number of amides is 1. The van der Waals surface area contributed by atoms with Crippen LogP contribution in [0.25, 0.3) is 33.4 Å². The van der Waals surface area contributed by atoms with E-state index in [1.807, 2.05) is 86.2 Å². The minimum Gasteiger partial charge on any atom is -0.478 e. The van der Waals surface area contributed by atoms with Gasteiger partial charge in [-0.15, -0.1) is 0 Å². The molecule has 0 spiro atoms. The second kappa shape index (κ2) is 13.0. The van der Waals surface area contributed by atoms with Crippen LogP contribution in [0.15, 0.2) is 65.1 Å². The van der Waals surface area contributed by atoms with Gasteiger partial charge < -0.3 is 19.7 Å². The second-order valence-electron chi connectivity index (χ2n) is 9.49. The zero-order valence-corrected chi connectivity index (χ0v) is 25.0. The number of benzene rings is 3. The van der Waals surface area contributed by atoms with Crippen molar-refractivity contribution in [3.8, 4) is 22.5 Å². The summed E-state index contributed by atoms with van der Waals surface area (Å²) in [5.41, 5.74) is 4.44. The van der Waals surface area contributed by atoms with Crippen LogP contribution in [-0.4, -0.2) is 72.1 Å². The Bertz CT molecular complexity index is 1690. The number of carboxylic acids is 1. The summed E-state index contributed by atoms with van der Waals surface area (Å²) in [5, 5.41) is 14.2. The molecule has 40 heavy (non-hydrogen) atoms. The molecule has 0 atom stereocenters. The van der Waals surface area contributed by atoms with Gasteiger partial charge in [-0.3, -0.25) is 4.79 Å². The molecule has 9 nitrogen and oxygen atoms in total. The van der Waals surface area contributed by atoms with E-state index in [0.717, 1.165) is 56.0 Å². The summed E-state index contributed by atoms with van der Waals surface area (Å²) in [6.07, 6.45) is 1.14. The van der Waals surface area contributed by atoms with Gasteiger partial charge in [0, 0.05) is 73.9 Å². The lowest BCUT2D eigenvalue weighted by Gasteiger charge is -2.18. The molecule has 1 amide bonds. The number of hydrogen-bond acceptors (Lipinski definition) is 7. The van der Waals surface area contributed by atoms with E-state index in [1.165, 1.54) is 6.92 Å². The number of nitrogens with one attached hydrogen (secondary N) is 1. The van der Waals surface area contributed by atoms with Gasteiger partial charge in [0.2, 0.25) is 11.3 Å². The molecule has 0 unspecified atom stereocenters. The van der Waals surface area contributed by atoms with Crippen LogP contribution in [0.5, 0.6) is 0 Å². The first kappa shape index (κ1) is 30.7. The summed E-state index contributed by atoms with van der Waals surface area (Å²) >= 11 is 0. The lowest BCUT2D eigenvalue weighted by molar-refractivity contribution is -0.118. The van der Waals surface area contributed by atoms with Crippen molar-refractivity contribution < 1.29 is 27.5 Å². The second-order valence-corrected chi connectivity index (χ2v) is 14.1. The van der Waals surface area contributed by atoms with Gasteiger partial charge in [0.15, 0.2) is 8.87 Å². The van der Waals surface area contributed by atoms with Crippen LogP contribution in [0.1, 0.15) is 17.3 Å². The van der Waals surface area contributed by atoms with Crippen LogP contribution in [0.2, 0.25) is 0 Å². The summed E-state index contributed by atoms with van der Waals surface area (Å²) in [6.45, 7) is 1.79. The monoisotopic (exact) mass is 584 g/mol. The molecule has 1 heterocycles. The fourth-order valence-electron chi connectivity index (χ4n) is 4.02. The minimum absolute atomic E-state index is 0.140. The zero-order valence-electron chi connectivity index (χ0n) is 23.4. The molecule has 0 bridgehead atoms. The topological polar surface area (TPSA) is 120 Å². The number of rotatable bonds is 7. The number of anilines is 1. The van der Waals surface area contributed by atoms with E-state index in [0.29, 0.717) is 17.9 Å². The van der Waals surface area contributed by atoms with Gasteiger partial charge in [-0.2, -0.15) is 0 Å². The van der Waals surface area contributed by atoms with Crippen molar-refractivity contribution in [3.05, 3.63) is 71.6 Å². The third-order valence-corrected chi connectivity index (χ3v) is 8.51. The fourth-order valence-corrected chi connectivity index (χ4v) is 5.67. The molecule has 2 aliphatic rings. The first-order valence-corrected chi connectivity index (χ1v) is 15.8. The minimum atomic E-state index is -2.96. The average Bonchev–Trinajstić information content (AvgIpc) is 2.88. The highest BCUT2D eigenvalue weighted by Gasteiger charge is 2.22. The summed E-state index contributed by atoms with van der Waals surface area (Å²) in [6, 6.07) is 19.1. The molecular weight excluding hydrogens is 550 g/mol. The molecule has 1 aliphatic heterocycles. The van der Waals surface area contributed by atoms with Crippen molar-refractivity contribution in [2.75, 3.05) is 51.6 Å². The van der Waals surface area contributed by atoms with E-state index >= 15 is 0 Å². The molecule has 4 rings (SSSR count). The van der Waals surface area contributed by atoms with Crippen molar-refractivity contribution >= 4 is 48.2 Å². The largest absolute Gasteiger partial charge is 0.478 e. The summed E-state index contributed by atoms with van der Waals surface area (Å²) in [4.78, 5) is 24.2. The SMILES string of the molecule is CC(=O)NCCSS(C)(=O)=O.CN(C)c1ccc2c(-c3ccccc3C(=O)O)c3ccc(=[N+](C)C)cc-3oc2c1. The van der Waals surface area contributed by atoms with E-state index in [2.05, 4.69) is 5.32 Å². The highest BCUT2D eigenvalue weighted by atomic mass is 33.1. The Morgan fingerprint density at radius 2 is 1.73 bits per heavy atom. The van der Waals surface area contributed by atoms with Gasteiger partial charge in [0.25, 0.3) is 0 Å². The zero-order chi connectivity index (χ0) is 29.6. The Balaban J connectivity index is 0.000000342. The Hall–Kier alpha value is -3.83. The van der Waals surface area contributed by atoms with Gasteiger partial charge in [-0.1, -0.05) is 18.2 Å². The molecule has 212 valence electrons. The molecule has 0 radical (unpaired) electrons. The maximum atomic E-state index is 11.9. The molecule has 2 N–H and O–H groups in total. The number of carboxylic acid groups (broad SMARTS) is 1. The summed E-state index contributed by atoms with van der Waals surface area (Å²) < 4.78 is 29.4. The van der Waals surface area contributed by atoms with Crippen LogP contribution >= 0.6 is 10.8 Å². The molecule has 0 saturated heterocycles. The lowest BCUT2D eigenvalue weighted by Crippen LogP contribution is -2.22. The normalized spacial score (nSPS) is 11.1. The Morgan fingerprint density at radius 1 is 1.02 bits per heavy atom. The number of carbonyl (C=O) groups excluding carboxylic acids is 1. The Kier molecular flexibility index (Phi) is 9.99. The van der Waals surface area contributed by atoms with Gasteiger partial charge in [-0.05, 0) is 40.6 Å². The third kappa shape index (κ3) is 7.86. The van der Waals surface area contributed by atoms with Gasteiger partial charge in [-0.25, -0.2) is 17.8 Å². The number of nitrogens with zero attached hydrogens (tertiary/aromatic N) is 2. The highest BCUT2D eigenvalue weighted by Crippen LogP contribution is 2.41. The van der Waals surface area contributed by atoms with E-state index in [9.17, 15) is 23.1 Å². The van der Waals surface area contributed by atoms with Crippen molar-refractivity contribution in [3.63, 3.8) is 0 Å². The van der Waals surface area contributed by atoms with E-state index < -0.39 is 14.8 Å². The van der Waals surface area contributed by atoms with Gasteiger partial charge in [0.1, 0.15) is 25.4 Å². The Labute approximate surface area is 237 Å².